The van der Waals surface area contributed by atoms with Crippen molar-refractivity contribution in [2.24, 2.45) is 5.73 Å². The second-order valence-electron chi connectivity index (χ2n) is 4.22. The van der Waals surface area contributed by atoms with Crippen molar-refractivity contribution in [3.63, 3.8) is 0 Å². The van der Waals surface area contributed by atoms with Crippen molar-refractivity contribution in [1.29, 1.82) is 0 Å². The second kappa shape index (κ2) is 5.54. The molecule has 0 bridgehead atoms. The van der Waals surface area contributed by atoms with Gasteiger partial charge in [-0.15, -0.1) is 0 Å². The molecule has 0 radical (unpaired) electrons. The number of primary amides is 1. The number of aliphatic hydroxyl groups excluding tert-OH is 3. The molecule has 1 fully saturated rings. The molecule has 0 aliphatic carbocycles. The number of hydrogen-bond acceptors (Lipinski definition) is 7. The fourth-order valence-electron chi connectivity index (χ4n) is 1.87. The third kappa shape index (κ3) is 2.49. The molecule has 2 heterocycles. The zero-order chi connectivity index (χ0) is 14.9. The molecule has 7 N–H and O–H groups in total. The van der Waals surface area contributed by atoms with Crippen LogP contribution in [-0.4, -0.2) is 68.2 Å². The molecule has 1 aliphatic rings. The van der Waals surface area contributed by atoms with Gasteiger partial charge < -0.3 is 36.1 Å². The SMILES string of the molecule is NC(=O)c1nc[nH]c1C(=O)N[C@H]1O[C@@H](CO)[C@H](O)[C@@H]1O. The van der Waals surface area contributed by atoms with Crippen molar-refractivity contribution in [3.8, 4) is 0 Å². The number of nitrogens with two attached hydrogens (primary N) is 1. The first-order valence-corrected chi connectivity index (χ1v) is 5.72. The summed E-state index contributed by atoms with van der Waals surface area (Å²) < 4.78 is 5.07. The first-order chi connectivity index (χ1) is 9.45. The van der Waals surface area contributed by atoms with E-state index in [-0.39, 0.29) is 11.4 Å². The van der Waals surface area contributed by atoms with Gasteiger partial charge in [0.1, 0.15) is 24.0 Å². The molecular weight excluding hydrogens is 272 g/mol. The van der Waals surface area contributed by atoms with Crippen LogP contribution in [0.5, 0.6) is 0 Å². The largest absolute Gasteiger partial charge is 0.394 e. The van der Waals surface area contributed by atoms with E-state index in [4.69, 9.17) is 15.6 Å². The van der Waals surface area contributed by atoms with Crippen LogP contribution in [0.3, 0.4) is 0 Å². The number of carbonyl (C=O) groups excluding carboxylic acids is 2. The minimum absolute atomic E-state index is 0.185. The topological polar surface area (TPSA) is 171 Å². The lowest BCUT2D eigenvalue weighted by Gasteiger charge is -2.15. The number of H-pyrrole nitrogens is 1. The highest BCUT2D eigenvalue weighted by Gasteiger charge is 2.43. The van der Waals surface area contributed by atoms with E-state index < -0.39 is 43.0 Å². The summed E-state index contributed by atoms with van der Waals surface area (Å²) in [6.45, 7) is -0.513. The molecular formula is C10H14N4O6. The summed E-state index contributed by atoms with van der Waals surface area (Å²) in [6, 6.07) is 0. The summed E-state index contributed by atoms with van der Waals surface area (Å²) in [6.07, 6.45) is -3.85. The molecule has 2 amide bonds. The molecule has 1 aliphatic heterocycles. The number of amides is 2. The molecule has 0 unspecified atom stereocenters. The van der Waals surface area contributed by atoms with Crippen LogP contribution < -0.4 is 11.1 Å². The monoisotopic (exact) mass is 286 g/mol. The predicted molar refractivity (Wildman–Crippen MR) is 62.3 cm³/mol. The van der Waals surface area contributed by atoms with Crippen LogP contribution in [0.1, 0.15) is 21.0 Å². The summed E-state index contributed by atoms with van der Waals surface area (Å²) in [5.41, 5.74) is 4.60. The molecule has 10 nitrogen and oxygen atoms in total. The van der Waals surface area contributed by atoms with Gasteiger partial charge >= 0.3 is 0 Å². The van der Waals surface area contributed by atoms with Crippen molar-refractivity contribution in [1.82, 2.24) is 15.3 Å². The second-order valence-corrected chi connectivity index (χ2v) is 4.22. The van der Waals surface area contributed by atoms with Crippen LogP contribution in [0.2, 0.25) is 0 Å². The Morgan fingerprint density at radius 2 is 2.15 bits per heavy atom. The predicted octanol–water partition coefficient (Wildman–Crippen LogP) is -3.32. The Kier molecular flexibility index (Phi) is 3.99. The van der Waals surface area contributed by atoms with Crippen molar-refractivity contribution in [3.05, 3.63) is 17.7 Å². The Hall–Kier alpha value is -2.01. The molecule has 4 atom stereocenters. The number of rotatable bonds is 4. The Labute approximate surface area is 112 Å². The quantitative estimate of drug-likeness (QED) is 0.336. The number of carbonyl (C=O) groups is 2. The average Bonchev–Trinajstić information content (AvgIpc) is 2.99. The highest BCUT2D eigenvalue weighted by atomic mass is 16.6. The summed E-state index contributed by atoms with van der Waals surface area (Å²) in [4.78, 5) is 29.0. The smallest absolute Gasteiger partial charge is 0.272 e. The van der Waals surface area contributed by atoms with Crippen molar-refractivity contribution in [2.45, 2.75) is 24.5 Å². The van der Waals surface area contributed by atoms with E-state index in [1.165, 1.54) is 0 Å². The summed E-state index contributed by atoms with van der Waals surface area (Å²) in [7, 11) is 0. The number of ether oxygens (including phenoxy) is 1. The van der Waals surface area contributed by atoms with Crippen molar-refractivity contribution in [2.75, 3.05) is 6.61 Å². The van der Waals surface area contributed by atoms with E-state index in [9.17, 15) is 19.8 Å². The zero-order valence-corrected chi connectivity index (χ0v) is 10.2. The first kappa shape index (κ1) is 14.4. The molecule has 110 valence electrons. The van der Waals surface area contributed by atoms with E-state index in [1.54, 1.807) is 0 Å². The van der Waals surface area contributed by atoms with Gasteiger partial charge in [0.25, 0.3) is 11.8 Å². The highest BCUT2D eigenvalue weighted by molar-refractivity contribution is 6.04. The summed E-state index contributed by atoms with van der Waals surface area (Å²) in [5.74, 6) is -1.68. The Morgan fingerprint density at radius 1 is 1.45 bits per heavy atom. The molecule has 0 aromatic carbocycles. The molecule has 10 heteroatoms. The van der Waals surface area contributed by atoms with Crippen molar-refractivity contribution >= 4 is 11.8 Å². The highest BCUT2D eigenvalue weighted by Crippen LogP contribution is 2.19. The van der Waals surface area contributed by atoms with Crippen molar-refractivity contribution < 1.29 is 29.6 Å². The third-order valence-corrected chi connectivity index (χ3v) is 2.92. The van der Waals surface area contributed by atoms with E-state index in [0.717, 1.165) is 6.33 Å². The van der Waals surface area contributed by atoms with Gasteiger partial charge in [-0.3, -0.25) is 9.59 Å². The maximum absolute atomic E-state index is 11.9. The van der Waals surface area contributed by atoms with Crippen LogP contribution in [0, 0.1) is 0 Å². The lowest BCUT2D eigenvalue weighted by Crippen LogP contribution is -2.44. The van der Waals surface area contributed by atoms with Gasteiger partial charge in [0.15, 0.2) is 11.9 Å². The van der Waals surface area contributed by atoms with E-state index in [2.05, 4.69) is 15.3 Å². The first-order valence-electron chi connectivity index (χ1n) is 5.72. The number of aliphatic hydroxyl groups is 3. The lowest BCUT2D eigenvalue weighted by atomic mass is 10.1. The zero-order valence-electron chi connectivity index (χ0n) is 10.2. The number of hydrogen-bond donors (Lipinski definition) is 6. The Balaban J connectivity index is 2.09. The van der Waals surface area contributed by atoms with Gasteiger partial charge in [0, 0.05) is 0 Å². The fourth-order valence-corrected chi connectivity index (χ4v) is 1.87. The van der Waals surface area contributed by atoms with Gasteiger partial charge in [-0.05, 0) is 0 Å². The minimum Gasteiger partial charge on any atom is -0.394 e. The number of nitrogens with zero attached hydrogens (tertiary/aromatic N) is 1. The van der Waals surface area contributed by atoms with Crippen LogP contribution in [0.25, 0.3) is 0 Å². The maximum atomic E-state index is 11.9. The number of aromatic nitrogens is 2. The number of imidazole rings is 1. The molecule has 20 heavy (non-hydrogen) atoms. The van der Waals surface area contributed by atoms with Crippen LogP contribution >= 0.6 is 0 Å². The normalized spacial score (nSPS) is 29.4. The Morgan fingerprint density at radius 3 is 2.70 bits per heavy atom. The molecule has 2 rings (SSSR count). The van der Waals surface area contributed by atoms with Crippen LogP contribution in [-0.2, 0) is 4.74 Å². The van der Waals surface area contributed by atoms with E-state index in [1.807, 2.05) is 0 Å². The number of nitrogens with one attached hydrogen (secondary N) is 2. The van der Waals surface area contributed by atoms with E-state index >= 15 is 0 Å². The van der Waals surface area contributed by atoms with Gasteiger partial charge in [0.05, 0.1) is 12.9 Å². The van der Waals surface area contributed by atoms with Crippen LogP contribution in [0.4, 0.5) is 0 Å². The lowest BCUT2D eigenvalue weighted by molar-refractivity contribution is -0.0305. The van der Waals surface area contributed by atoms with Gasteiger partial charge in [-0.2, -0.15) is 0 Å². The summed E-state index contributed by atoms with van der Waals surface area (Å²) in [5, 5.41) is 30.4. The standard InChI is InChI=1S/C10H14N4O6/c11-8(18)4-5(13-2-12-4)9(19)14-10-7(17)6(16)3(1-15)20-10/h2-3,6-7,10,15-17H,1H2,(H2,11,18)(H,12,13)(H,14,19)/t3-,6-,7-,10-/m0/s1. The minimum atomic E-state index is -1.41. The number of aromatic amines is 1. The van der Waals surface area contributed by atoms with E-state index in [0.29, 0.717) is 0 Å². The summed E-state index contributed by atoms with van der Waals surface area (Å²) >= 11 is 0. The van der Waals surface area contributed by atoms with Gasteiger partial charge in [-0.25, -0.2) is 4.98 Å². The third-order valence-electron chi connectivity index (χ3n) is 2.92. The maximum Gasteiger partial charge on any atom is 0.272 e. The molecule has 1 aromatic rings. The van der Waals surface area contributed by atoms with Gasteiger partial charge in [0.2, 0.25) is 0 Å². The fraction of sp³-hybridized carbons (Fsp3) is 0.500. The van der Waals surface area contributed by atoms with Crippen LogP contribution in [0.15, 0.2) is 6.33 Å². The molecule has 1 saturated heterocycles. The Bertz CT molecular complexity index is 518. The average molecular weight is 286 g/mol. The molecule has 1 aromatic heterocycles. The molecule has 0 spiro atoms. The molecule has 0 saturated carbocycles. The van der Waals surface area contributed by atoms with Gasteiger partial charge in [-0.1, -0.05) is 0 Å².